The lowest BCUT2D eigenvalue weighted by molar-refractivity contribution is -0.145. The lowest BCUT2D eigenvalue weighted by Gasteiger charge is -2.30. The molecule has 0 spiro atoms. The van der Waals surface area contributed by atoms with Crippen LogP contribution in [0.15, 0.2) is 0 Å². The van der Waals surface area contributed by atoms with Crippen molar-refractivity contribution in [1.29, 1.82) is 0 Å². The van der Waals surface area contributed by atoms with Crippen LogP contribution in [-0.4, -0.2) is 141 Å². The molecule has 13 N–H and O–H groups in total. The van der Waals surface area contributed by atoms with Crippen LogP contribution in [0.2, 0.25) is 0 Å². The maximum atomic E-state index is 13.5. The van der Waals surface area contributed by atoms with Gasteiger partial charge in [0, 0.05) is 13.0 Å². The monoisotopic (exact) mass is 674 g/mol. The molecule has 0 aromatic rings. The molecule has 1 fully saturated rings. The van der Waals surface area contributed by atoms with Crippen LogP contribution in [0.1, 0.15) is 46.0 Å². The van der Waals surface area contributed by atoms with E-state index < -0.39 is 128 Å². The van der Waals surface area contributed by atoms with Crippen molar-refractivity contribution in [2.75, 3.05) is 19.8 Å². The van der Waals surface area contributed by atoms with Crippen LogP contribution in [-0.2, 0) is 43.2 Å². The molecule has 7 amide bonds. The number of rotatable bonds is 19. The average Bonchev–Trinajstić information content (AvgIpc) is 3.49. The van der Waals surface area contributed by atoms with Gasteiger partial charge in [-0.3, -0.25) is 38.4 Å². The Labute approximate surface area is 268 Å². The Hall–Kier alpha value is -4.89. The molecule has 1 heterocycles. The Morgan fingerprint density at radius 2 is 1.32 bits per heavy atom. The third-order valence-electron chi connectivity index (χ3n) is 6.92. The summed E-state index contributed by atoms with van der Waals surface area (Å²) in [5.41, 5.74) is 10.7. The number of carbonyl (C=O) groups excluding carboxylic acids is 7. The van der Waals surface area contributed by atoms with Gasteiger partial charge >= 0.3 is 11.9 Å². The molecular weight excluding hydrogens is 632 g/mol. The molecule has 21 nitrogen and oxygen atoms in total. The van der Waals surface area contributed by atoms with E-state index in [0.717, 1.165) is 4.90 Å². The first kappa shape index (κ1) is 40.1. The Bertz CT molecular complexity index is 1210. The topological polar surface area (TPSA) is 350 Å². The quantitative estimate of drug-likeness (QED) is 0.0607. The number of nitrogens with one attached hydrogen (secondary N) is 5. The summed E-state index contributed by atoms with van der Waals surface area (Å²) < 4.78 is 0. The highest BCUT2D eigenvalue weighted by molar-refractivity contribution is 5.98. The van der Waals surface area contributed by atoms with Crippen LogP contribution >= 0.6 is 0 Å². The molecule has 21 heteroatoms. The summed E-state index contributed by atoms with van der Waals surface area (Å²) in [6.45, 7) is 0.640. The van der Waals surface area contributed by atoms with Gasteiger partial charge in [0.1, 0.15) is 36.3 Å². The maximum Gasteiger partial charge on any atom is 0.328 e. The second kappa shape index (κ2) is 18.9. The molecule has 0 aromatic carbocycles. The number of nitrogens with zero attached hydrogens (tertiary/aromatic N) is 1. The van der Waals surface area contributed by atoms with Crippen molar-refractivity contribution >= 4 is 53.3 Å². The first-order chi connectivity index (χ1) is 21.9. The molecule has 0 aromatic heterocycles. The van der Waals surface area contributed by atoms with Crippen LogP contribution in [0.5, 0.6) is 0 Å². The fourth-order valence-electron chi connectivity index (χ4n) is 4.34. The molecule has 0 unspecified atom stereocenters. The van der Waals surface area contributed by atoms with Crippen molar-refractivity contribution in [3.63, 3.8) is 0 Å². The van der Waals surface area contributed by atoms with Gasteiger partial charge in [-0.25, -0.2) is 4.79 Å². The van der Waals surface area contributed by atoms with E-state index in [9.17, 15) is 53.4 Å². The number of likely N-dealkylation sites (tertiary alicyclic amines) is 1. The van der Waals surface area contributed by atoms with E-state index in [4.69, 9.17) is 21.7 Å². The van der Waals surface area contributed by atoms with Gasteiger partial charge in [0.15, 0.2) is 0 Å². The molecule has 1 aliphatic heterocycles. The summed E-state index contributed by atoms with van der Waals surface area (Å²) in [4.78, 5) is 112. The standard InChI is InChI=1S/C26H42N8O13/c1-11(27)20(40)29-12(2)21(41)32-15(9-35)23(43)31-14(8-18(28)37)25(45)34-7-3-4-17(34)24(44)30-13(5-6-19(38)39)22(42)33-16(10-36)26(46)47/h11-17,35-36H,3-10,27H2,1-2H3,(H2,28,37)(H,29,40)(H,30,44)(H,31,43)(H,32,41)(H,33,42)(H,38,39)(H,46,47)/t11-,12-,13-,14-,15-,16-,17-/m0/s1. The molecule has 0 bridgehead atoms. The summed E-state index contributed by atoms with van der Waals surface area (Å²) in [6.07, 6.45) is -1.57. The molecule has 0 aliphatic carbocycles. The predicted molar refractivity (Wildman–Crippen MR) is 156 cm³/mol. The predicted octanol–water partition coefficient (Wildman–Crippen LogP) is -6.42. The summed E-state index contributed by atoms with van der Waals surface area (Å²) >= 11 is 0. The number of carbonyl (C=O) groups is 9. The summed E-state index contributed by atoms with van der Waals surface area (Å²) in [5, 5.41) is 48.0. The van der Waals surface area contributed by atoms with E-state index in [0.29, 0.717) is 0 Å². The highest BCUT2D eigenvalue weighted by Crippen LogP contribution is 2.20. The van der Waals surface area contributed by atoms with Gasteiger partial charge in [0.25, 0.3) is 0 Å². The van der Waals surface area contributed by atoms with Gasteiger partial charge in [-0.15, -0.1) is 0 Å². The Morgan fingerprint density at radius 1 is 0.766 bits per heavy atom. The molecular formula is C26H42N8O13. The number of nitrogens with two attached hydrogens (primary N) is 2. The van der Waals surface area contributed by atoms with Gasteiger partial charge in [0.2, 0.25) is 41.4 Å². The van der Waals surface area contributed by atoms with E-state index in [1.165, 1.54) is 13.8 Å². The van der Waals surface area contributed by atoms with Crippen molar-refractivity contribution in [1.82, 2.24) is 31.5 Å². The molecule has 1 aliphatic rings. The van der Waals surface area contributed by atoms with E-state index in [-0.39, 0.29) is 19.4 Å². The molecule has 1 rings (SSSR count). The number of aliphatic hydroxyl groups is 2. The second-order valence-corrected chi connectivity index (χ2v) is 10.8. The lowest BCUT2D eigenvalue weighted by Crippen LogP contribution is -2.60. The van der Waals surface area contributed by atoms with Crippen LogP contribution in [0.25, 0.3) is 0 Å². The first-order valence-corrected chi connectivity index (χ1v) is 14.5. The SMILES string of the molecule is C[C@H](N)C(=O)N[C@@H](C)C(=O)N[C@@H](CO)C(=O)N[C@@H](CC(N)=O)C(=O)N1CCC[C@H]1C(=O)N[C@@H](CCC(=O)O)C(=O)N[C@@H](CO)C(=O)O. The van der Waals surface area contributed by atoms with E-state index in [2.05, 4.69) is 21.3 Å². The highest BCUT2D eigenvalue weighted by Gasteiger charge is 2.40. The highest BCUT2D eigenvalue weighted by atomic mass is 16.4. The van der Waals surface area contributed by atoms with Crippen LogP contribution in [0, 0.1) is 0 Å². The number of hydrogen-bond donors (Lipinski definition) is 11. The molecule has 7 atom stereocenters. The fraction of sp³-hybridized carbons (Fsp3) is 0.654. The molecule has 1 saturated heterocycles. The third kappa shape index (κ3) is 12.8. The lowest BCUT2D eigenvalue weighted by atomic mass is 10.1. The minimum atomic E-state index is -1.75. The van der Waals surface area contributed by atoms with Crippen molar-refractivity contribution < 1.29 is 63.6 Å². The smallest absolute Gasteiger partial charge is 0.328 e. The fourth-order valence-corrected chi connectivity index (χ4v) is 4.34. The minimum absolute atomic E-state index is 0.0385. The van der Waals surface area contributed by atoms with Crippen molar-refractivity contribution in [2.24, 2.45) is 11.5 Å². The summed E-state index contributed by atoms with van der Waals surface area (Å²) in [5.74, 6) is -9.66. The van der Waals surface area contributed by atoms with Crippen LogP contribution < -0.4 is 38.1 Å². The second-order valence-electron chi connectivity index (χ2n) is 10.8. The van der Waals surface area contributed by atoms with Gasteiger partial charge in [0.05, 0.1) is 25.7 Å². The maximum absolute atomic E-state index is 13.5. The number of hydrogen-bond acceptors (Lipinski definition) is 12. The number of carboxylic acids is 2. The number of aliphatic hydroxyl groups excluding tert-OH is 2. The number of aliphatic carboxylic acids is 2. The van der Waals surface area contributed by atoms with Crippen molar-refractivity contribution in [3.8, 4) is 0 Å². The van der Waals surface area contributed by atoms with Gasteiger partial charge in [-0.05, 0) is 33.1 Å². The average molecular weight is 675 g/mol. The molecule has 264 valence electrons. The summed E-state index contributed by atoms with van der Waals surface area (Å²) in [6, 6.07) is -10.1. The van der Waals surface area contributed by atoms with E-state index in [1.54, 1.807) is 0 Å². The first-order valence-electron chi connectivity index (χ1n) is 14.5. The van der Waals surface area contributed by atoms with E-state index >= 15 is 0 Å². The van der Waals surface area contributed by atoms with Gasteiger partial charge in [-0.1, -0.05) is 0 Å². The minimum Gasteiger partial charge on any atom is -0.481 e. The Morgan fingerprint density at radius 3 is 1.83 bits per heavy atom. The molecule has 0 saturated carbocycles. The van der Waals surface area contributed by atoms with Crippen molar-refractivity contribution in [3.05, 3.63) is 0 Å². The van der Waals surface area contributed by atoms with Gasteiger partial charge < -0.3 is 63.4 Å². The van der Waals surface area contributed by atoms with Crippen LogP contribution in [0.4, 0.5) is 0 Å². The molecule has 47 heavy (non-hydrogen) atoms. The van der Waals surface area contributed by atoms with Crippen LogP contribution in [0.3, 0.4) is 0 Å². The molecule has 0 radical (unpaired) electrons. The Balaban J connectivity index is 3.11. The Kier molecular flexibility index (Phi) is 16.2. The number of primary amides is 1. The van der Waals surface area contributed by atoms with Crippen molar-refractivity contribution in [2.45, 2.75) is 88.2 Å². The van der Waals surface area contributed by atoms with Gasteiger partial charge in [-0.2, -0.15) is 0 Å². The normalized spacial score (nSPS) is 17.9. The zero-order valence-electron chi connectivity index (χ0n) is 25.8. The summed E-state index contributed by atoms with van der Waals surface area (Å²) in [7, 11) is 0. The zero-order chi connectivity index (χ0) is 36.0. The van der Waals surface area contributed by atoms with E-state index in [1.807, 2.05) is 5.32 Å². The largest absolute Gasteiger partial charge is 0.481 e. The zero-order valence-corrected chi connectivity index (χ0v) is 25.8. The number of carboxylic acid groups (broad SMARTS) is 2. The third-order valence-corrected chi connectivity index (χ3v) is 6.92. The number of amides is 7.